The van der Waals surface area contributed by atoms with E-state index in [1.807, 2.05) is 18.2 Å². The van der Waals surface area contributed by atoms with Gasteiger partial charge in [0.25, 0.3) is 0 Å². The van der Waals surface area contributed by atoms with Crippen LogP contribution < -0.4 is 0 Å². The average Bonchev–Trinajstić information content (AvgIpc) is 3.31. The molecule has 3 heterocycles. The van der Waals surface area contributed by atoms with E-state index in [4.69, 9.17) is 4.98 Å². The van der Waals surface area contributed by atoms with Gasteiger partial charge in [-0.3, -0.25) is 4.79 Å². The number of carbonyl (C=O) groups is 1. The summed E-state index contributed by atoms with van der Waals surface area (Å²) in [7, 11) is 0. The number of carbonyl (C=O) groups excluding carboxylic acids is 1. The molecule has 0 aliphatic carbocycles. The van der Waals surface area contributed by atoms with Crippen LogP contribution in [0.15, 0.2) is 84.0 Å². The number of thioether (sulfide) groups is 1. The Morgan fingerprint density at radius 2 is 1.63 bits per heavy atom. The molecule has 1 aliphatic heterocycles. The van der Waals surface area contributed by atoms with Gasteiger partial charge >= 0.3 is 0 Å². The molecule has 0 N–H and O–H groups in total. The van der Waals surface area contributed by atoms with Crippen molar-refractivity contribution >= 4 is 39.7 Å². The van der Waals surface area contributed by atoms with E-state index in [2.05, 4.69) is 56.1 Å². The molecular weight excluding hydrogens is 533 g/mol. The Kier molecular flexibility index (Phi) is 8.56. The number of rotatable bonds is 10. The van der Waals surface area contributed by atoms with Gasteiger partial charge in [0, 0.05) is 37.2 Å². The maximum Gasteiger partial charge on any atom is 0.222 e. The predicted octanol–water partition coefficient (Wildman–Crippen LogP) is 6.91. The monoisotopic (exact) mass is 567 g/mol. The second kappa shape index (κ2) is 12.8. The lowest BCUT2D eigenvalue weighted by molar-refractivity contribution is -0.132. The Labute approximate surface area is 244 Å². The summed E-state index contributed by atoms with van der Waals surface area (Å²) < 4.78 is 15.6. The third-order valence-corrected chi connectivity index (χ3v) is 8.88. The first-order valence-corrected chi connectivity index (χ1v) is 15.4. The maximum absolute atomic E-state index is 13.5. The summed E-state index contributed by atoms with van der Waals surface area (Å²) in [5.41, 5.74) is 4.96. The molecule has 1 amide bonds. The van der Waals surface area contributed by atoms with Crippen LogP contribution in [-0.4, -0.2) is 49.4 Å². The van der Waals surface area contributed by atoms with E-state index in [0.29, 0.717) is 24.0 Å². The molecule has 0 unspecified atom stereocenters. The number of halogens is 1. The number of benzene rings is 3. The quantitative estimate of drug-likeness (QED) is 0.136. The third kappa shape index (κ3) is 6.59. The van der Waals surface area contributed by atoms with Gasteiger partial charge in [-0.1, -0.05) is 72.4 Å². The molecule has 1 saturated heterocycles. The van der Waals surface area contributed by atoms with Gasteiger partial charge in [0.2, 0.25) is 11.1 Å². The minimum Gasteiger partial charge on any atom is -0.343 e. The Morgan fingerprint density at radius 3 is 2.44 bits per heavy atom. The molecule has 5 aromatic rings. The summed E-state index contributed by atoms with van der Waals surface area (Å²) in [6, 6.07) is 25.3. The van der Waals surface area contributed by atoms with Crippen molar-refractivity contribution in [3.05, 3.63) is 95.8 Å². The largest absolute Gasteiger partial charge is 0.343 e. The molecule has 41 heavy (non-hydrogen) atoms. The van der Waals surface area contributed by atoms with Crippen LogP contribution >= 0.6 is 11.8 Å². The molecule has 2 aromatic heterocycles. The molecule has 8 heteroatoms. The molecule has 0 saturated carbocycles. The Hall–Kier alpha value is -3.78. The maximum atomic E-state index is 13.5. The Morgan fingerprint density at radius 1 is 0.878 bits per heavy atom. The van der Waals surface area contributed by atoms with Gasteiger partial charge in [0.1, 0.15) is 11.3 Å². The molecule has 6 nitrogen and oxygen atoms in total. The number of nitrogens with zero attached hydrogens (tertiary/aromatic N) is 5. The van der Waals surface area contributed by atoms with Crippen LogP contribution in [0.3, 0.4) is 0 Å². The lowest BCUT2D eigenvalue weighted by Crippen LogP contribution is -2.38. The fourth-order valence-electron chi connectivity index (χ4n) is 5.72. The SMILES string of the molecule is O=C(CCCCSc1nnc2c3ccccc3n(Cc3ccc(F)cc3)c2n1)N1CCC(Cc2ccccc2)CC1. The summed E-state index contributed by atoms with van der Waals surface area (Å²) >= 11 is 1.58. The van der Waals surface area contributed by atoms with E-state index < -0.39 is 0 Å². The van der Waals surface area contributed by atoms with E-state index in [-0.39, 0.29) is 11.7 Å². The van der Waals surface area contributed by atoms with Gasteiger partial charge in [-0.25, -0.2) is 9.37 Å². The number of fused-ring (bicyclic) bond motifs is 3. The number of hydrogen-bond acceptors (Lipinski definition) is 5. The zero-order valence-electron chi connectivity index (χ0n) is 23.1. The predicted molar refractivity (Wildman–Crippen MR) is 162 cm³/mol. The van der Waals surface area contributed by atoms with Gasteiger partial charge < -0.3 is 9.47 Å². The Balaban J connectivity index is 1.01. The van der Waals surface area contributed by atoms with Crippen molar-refractivity contribution in [3.8, 4) is 0 Å². The van der Waals surface area contributed by atoms with Crippen molar-refractivity contribution in [2.75, 3.05) is 18.8 Å². The number of piperidine rings is 1. The molecule has 0 bridgehead atoms. The highest BCUT2D eigenvalue weighted by Gasteiger charge is 2.22. The number of aromatic nitrogens is 4. The molecular formula is C33H34FN5OS. The van der Waals surface area contributed by atoms with Crippen molar-refractivity contribution in [1.29, 1.82) is 0 Å². The molecule has 0 radical (unpaired) electrons. The van der Waals surface area contributed by atoms with Gasteiger partial charge in [-0.05, 0) is 67.3 Å². The van der Waals surface area contributed by atoms with Gasteiger partial charge in [-0.15, -0.1) is 10.2 Å². The van der Waals surface area contributed by atoms with Crippen LogP contribution in [0.25, 0.3) is 22.1 Å². The molecule has 3 aromatic carbocycles. The highest BCUT2D eigenvalue weighted by Crippen LogP contribution is 2.28. The first kappa shape index (κ1) is 27.4. The lowest BCUT2D eigenvalue weighted by Gasteiger charge is -2.32. The standard InChI is InChI=1S/C33H34FN5OS/c34-27-15-13-26(14-16-27)23-39-29-11-5-4-10-28(29)31-32(39)35-33(37-36-31)41-21-7-6-12-30(40)38-19-17-25(18-20-38)22-24-8-2-1-3-9-24/h1-5,8-11,13-16,25H,6-7,12,17-23H2. The van der Waals surface area contributed by atoms with E-state index >= 15 is 0 Å². The second-order valence-electron chi connectivity index (χ2n) is 10.8. The highest BCUT2D eigenvalue weighted by atomic mass is 32.2. The van der Waals surface area contributed by atoms with Gasteiger partial charge in [-0.2, -0.15) is 0 Å². The van der Waals surface area contributed by atoms with Crippen molar-refractivity contribution < 1.29 is 9.18 Å². The smallest absolute Gasteiger partial charge is 0.222 e. The van der Waals surface area contributed by atoms with Gasteiger partial charge in [0.15, 0.2) is 5.65 Å². The first-order chi connectivity index (χ1) is 20.1. The third-order valence-electron chi connectivity index (χ3n) is 7.96. The summed E-state index contributed by atoms with van der Waals surface area (Å²) in [4.78, 5) is 19.7. The van der Waals surface area contributed by atoms with Crippen LogP contribution in [-0.2, 0) is 17.8 Å². The normalized spacial score (nSPS) is 14.2. The fraction of sp³-hybridized carbons (Fsp3) is 0.333. The summed E-state index contributed by atoms with van der Waals surface area (Å²) in [6.07, 6.45) is 5.64. The molecule has 0 spiro atoms. The second-order valence-corrected chi connectivity index (χ2v) is 11.9. The number of hydrogen-bond donors (Lipinski definition) is 0. The first-order valence-electron chi connectivity index (χ1n) is 14.4. The van der Waals surface area contributed by atoms with Crippen LogP contribution in [0, 0.1) is 11.7 Å². The molecule has 1 fully saturated rings. The Bertz CT molecular complexity index is 1610. The zero-order valence-corrected chi connectivity index (χ0v) is 23.9. The van der Waals surface area contributed by atoms with E-state index in [0.717, 1.165) is 78.6 Å². The summed E-state index contributed by atoms with van der Waals surface area (Å²) in [5, 5.41) is 10.6. The summed E-state index contributed by atoms with van der Waals surface area (Å²) in [5.74, 6) is 1.53. The number of likely N-dealkylation sites (tertiary alicyclic amines) is 1. The van der Waals surface area contributed by atoms with Crippen LogP contribution in [0.4, 0.5) is 4.39 Å². The lowest BCUT2D eigenvalue weighted by atomic mass is 9.90. The highest BCUT2D eigenvalue weighted by molar-refractivity contribution is 7.99. The van der Waals surface area contributed by atoms with Crippen molar-refractivity contribution in [2.45, 2.75) is 50.2 Å². The minimum absolute atomic E-state index is 0.247. The fourth-order valence-corrected chi connectivity index (χ4v) is 6.50. The number of para-hydroxylation sites is 1. The number of unbranched alkanes of at least 4 members (excludes halogenated alkanes) is 1. The molecule has 210 valence electrons. The van der Waals surface area contributed by atoms with E-state index in [9.17, 15) is 9.18 Å². The van der Waals surface area contributed by atoms with E-state index in [1.165, 1.54) is 17.7 Å². The summed E-state index contributed by atoms with van der Waals surface area (Å²) in [6.45, 7) is 2.31. The topological polar surface area (TPSA) is 63.9 Å². The zero-order chi connectivity index (χ0) is 28.0. The van der Waals surface area contributed by atoms with Crippen molar-refractivity contribution in [1.82, 2.24) is 24.6 Å². The average molecular weight is 568 g/mol. The molecule has 6 rings (SSSR count). The molecule has 0 atom stereocenters. The minimum atomic E-state index is -0.247. The van der Waals surface area contributed by atoms with Crippen molar-refractivity contribution in [2.24, 2.45) is 5.92 Å². The van der Waals surface area contributed by atoms with Gasteiger partial charge in [0.05, 0.1) is 5.52 Å². The van der Waals surface area contributed by atoms with Crippen LogP contribution in [0.5, 0.6) is 0 Å². The van der Waals surface area contributed by atoms with Crippen molar-refractivity contribution in [3.63, 3.8) is 0 Å². The molecule has 1 aliphatic rings. The van der Waals surface area contributed by atoms with Crippen LogP contribution in [0.1, 0.15) is 43.2 Å². The number of amides is 1. The van der Waals surface area contributed by atoms with E-state index in [1.54, 1.807) is 23.9 Å². The van der Waals surface area contributed by atoms with Crippen LogP contribution in [0.2, 0.25) is 0 Å².